The second-order valence-corrected chi connectivity index (χ2v) is 3.72. The number of aromatic hydroxyl groups is 1. The van der Waals surface area contributed by atoms with Gasteiger partial charge in [-0.1, -0.05) is 13.0 Å². The van der Waals surface area contributed by atoms with E-state index in [1.807, 2.05) is 13.0 Å². The minimum atomic E-state index is 0.447. The van der Waals surface area contributed by atoms with Crippen LogP contribution in [-0.2, 0) is 6.42 Å². The fourth-order valence-corrected chi connectivity index (χ4v) is 2.19. The summed E-state index contributed by atoms with van der Waals surface area (Å²) in [4.78, 5) is 0. The molecular weight excluding hydrogens is 148 g/mol. The van der Waals surface area contributed by atoms with Gasteiger partial charge in [0.1, 0.15) is 5.75 Å². The van der Waals surface area contributed by atoms with Gasteiger partial charge in [-0.05, 0) is 48.4 Å². The first-order valence-electron chi connectivity index (χ1n) is 4.51. The predicted molar refractivity (Wildman–Crippen MR) is 49.6 cm³/mol. The molecule has 1 heteroatoms. The number of hydrogen-bond acceptors (Lipinski definition) is 1. The quantitative estimate of drug-likeness (QED) is 0.622. The molecule has 0 saturated heterocycles. The molecule has 64 valence electrons. The Hall–Kier alpha value is -0.980. The zero-order valence-electron chi connectivity index (χ0n) is 7.59. The van der Waals surface area contributed by atoms with E-state index in [1.165, 1.54) is 24.0 Å². The number of benzene rings is 1. The third-order valence-corrected chi connectivity index (χ3v) is 2.92. The summed E-state index contributed by atoms with van der Waals surface area (Å²) >= 11 is 0. The molecular formula is C11H14O. The molecule has 0 aliphatic heterocycles. The summed E-state index contributed by atoms with van der Waals surface area (Å²) < 4.78 is 0. The number of phenols is 1. The van der Waals surface area contributed by atoms with Gasteiger partial charge in [-0.3, -0.25) is 0 Å². The van der Waals surface area contributed by atoms with Crippen LogP contribution < -0.4 is 0 Å². The molecule has 0 aromatic heterocycles. The Morgan fingerprint density at radius 1 is 1.42 bits per heavy atom. The van der Waals surface area contributed by atoms with E-state index in [0.29, 0.717) is 11.7 Å². The smallest absolute Gasteiger partial charge is 0.118 e. The van der Waals surface area contributed by atoms with Crippen LogP contribution >= 0.6 is 0 Å². The van der Waals surface area contributed by atoms with Crippen LogP contribution in [0, 0.1) is 6.92 Å². The lowest BCUT2D eigenvalue weighted by Gasteiger charge is -2.09. The van der Waals surface area contributed by atoms with E-state index in [9.17, 15) is 5.11 Å². The Bertz CT molecular complexity index is 315. The van der Waals surface area contributed by atoms with E-state index in [2.05, 4.69) is 13.0 Å². The van der Waals surface area contributed by atoms with Crippen LogP contribution in [0.4, 0.5) is 0 Å². The summed E-state index contributed by atoms with van der Waals surface area (Å²) in [5, 5.41) is 9.50. The van der Waals surface area contributed by atoms with Gasteiger partial charge in [0.25, 0.3) is 0 Å². The number of rotatable bonds is 0. The molecule has 0 saturated carbocycles. The lowest BCUT2D eigenvalue weighted by molar-refractivity contribution is 0.469. The maximum atomic E-state index is 9.50. The molecule has 1 aliphatic rings. The fourth-order valence-electron chi connectivity index (χ4n) is 2.19. The van der Waals surface area contributed by atoms with Crippen LogP contribution in [0.1, 0.15) is 36.0 Å². The normalized spacial score (nSPS) is 21.0. The van der Waals surface area contributed by atoms with Crippen LogP contribution in [0.5, 0.6) is 5.75 Å². The average Bonchev–Trinajstić information content (AvgIpc) is 2.41. The minimum absolute atomic E-state index is 0.447. The highest BCUT2D eigenvalue weighted by molar-refractivity contribution is 5.47. The summed E-state index contributed by atoms with van der Waals surface area (Å²) in [5.74, 6) is 1.08. The molecule has 0 radical (unpaired) electrons. The predicted octanol–water partition coefficient (Wildman–Crippen LogP) is 2.75. The van der Waals surface area contributed by atoms with Crippen LogP contribution in [0.15, 0.2) is 12.1 Å². The monoisotopic (exact) mass is 162 g/mol. The molecule has 0 spiro atoms. The molecule has 1 atom stereocenters. The summed E-state index contributed by atoms with van der Waals surface area (Å²) in [5.41, 5.74) is 3.89. The lowest BCUT2D eigenvalue weighted by Crippen LogP contribution is -1.91. The van der Waals surface area contributed by atoms with Crippen molar-refractivity contribution >= 4 is 0 Å². The molecule has 0 heterocycles. The maximum absolute atomic E-state index is 9.50. The highest BCUT2D eigenvalue weighted by Gasteiger charge is 2.21. The van der Waals surface area contributed by atoms with E-state index in [0.717, 1.165) is 5.56 Å². The molecule has 0 bridgehead atoms. The van der Waals surface area contributed by atoms with Crippen molar-refractivity contribution in [2.45, 2.75) is 32.6 Å². The van der Waals surface area contributed by atoms with Gasteiger partial charge in [0, 0.05) is 0 Å². The van der Waals surface area contributed by atoms with E-state index in [1.54, 1.807) is 0 Å². The first-order chi connectivity index (χ1) is 5.70. The fraction of sp³-hybridized carbons (Fsp3) is 0.455. The van der Waals surface area contributed by atoms with Gasteiger partial charge in [0.2, 0.25) is 0 Å². The van der Waals surface area contributed by atoms with Crippen molar-refractivity contribution < 1.29 is 5.11 Å². The van der Waals surface area contributed by atoms with Crippen LogP contribution in [-0.4, -0.2) is 5.11 Å². The van der Waals surface area contributed by atoms with Gasteiger partial charge >= 0.3 is 0 Å². The standard InChI is InChI=1S/C11H14O/c1-7-3-4-9-5-6-10(12)8(2)11(7)9/h5-7,12H,3-4H2,1-2H3. The van der Waals surface area contributed by atoms with Crippen molar-refractivity contribution in [2.24, 2.45) is 0 Å². The molecule has 1 nitrogen and oxygen atoms in total. The molecule has 1 N–H and O–H groups in total. The van der Waals surface area contributed by atoms with Gasteiger partial charge in [-0.25, -0.2) is 0 Å². The SMILES string of the molecule is Cc1c(O)ccc2c1C(C)CC2. The Labute approximate surface area is 73.0 Å². The zero-order valence-corrected chi connectivity index (χ0v) is 7.59. The Morgan fingerprint density at radius 3 is 2.92 bits per heavy atom. The molecule has 12 heavy (non-hydrogen) atoms. The minimum Gasteiger partial charge on any atom is -0.508 e. The molecule has 2 rings (SSSR count). The molecule has 1 aliphatic carbocycles. The highest BCUT2D eigenvalue weighted by atomic mass is 16.3. The molecule has 1 aromatic carbocycles. The van der Waals surface area contributed by atoms with Crippen molar-refractivity contribution in [1.82, 2.24) is 0 Å². The number of aryl methyl sites for hydroxylation is 1. The zero-order chi connectivity index (χ0) is 8.72. The molecule has 0 fully saturated rings. The van der Waals surface area contributed by atoms with E-state index >= 15 is 0 Å². The first kappa shape index (κ1) is 7.66. The molecule has 1 unspecified atom stereocenters. The Balaban J connectivity index is 2.63. The summed E-state index contributed by atoms with van der Waals surface area (Å²) in [6.07, 6.45) is 2.41. The topological polar surface area (TPSA) is 20.2 Å². The number of fused-ring (bicyclic) bond motifs is 1. The summed E-state index contributed by atoms with van der Waals surface area (Å²) in [7, 11) is 0. The third-order valence-electron chi connectivity index (χ3n) is 2.92. The summed E-state index contributed by atoms with van der Waals surface area (Å²) in [6.45, 7) is 4.24. The van der Waals surface area contributed by atoms with Crippen molar-refractivity contribution in [3.8, 4) is 5.75 Å². The van der Waals surface area contributed by atoms with Crippen LogP contribution in [0.25, 0.3) is 0 Å². The van der Waals surface area contributed by atoms with Crippen molar-refractivity contribution in [2.75, 3.05) is 0 Å². The van der Waals surface area contributed by atoms with E-state index in [-0.39, 0.29) is 0 Å². The maximum Gasteiger partial charge on any atom is 0.118 e. The largest absolute Gasteiger partial charge is 0.508 e. The van der Waals surface area contributed by atoms with E-state index in [4.69, 9.17) is 0 Å². The first-order valence-corrected chi connectivity index (χ1v) is 4.51. The van der Waals surface area contributed by atoms with Crippen molar-refractivity contribution in [1.29, 1.82) is 0 Å². The second-order valence-electron chi connectivity index (χ2n) is 3.72. The van der Waals surface area contributed by atoms with Gasteiger partial charge in [-0.15, -0.1) is 0 Å². The van der Waals surface area contributed by atoms with Gasteiger partial charge in [0.05, 0.1) is 0 Å². The summed E-state index contributed by atoms with van der Waals surface area (Å²) in [6, 6.07) is 3.87. The van der Waals surface area contributed by atoms with Crippen LogP contribution in [0.3, 0.4) is 0 Å². The third kappa shape index (κ3) is 0.927. The number of phenolic OH excluding ortho intramolecular Hbond substituents is 1. The molecule has 0 amide bonds. The molecule has 1 aromatic rings. The second kappa shape index (κ2) is 2.51. The van der Waals surface area contributed by atoms with Gasteiger partial charge in [0.15, 0.2) is 0 Å². The van der Waals surface area contributed by atoms with Gasteiger partial charge < -0.3 is 5.11 Å². The lowest BCUT2D eigenvalue weighted by atomic mass is 9.97. The van der Waals surface area contributed by atoms with E-state index < -0.39 is 0 Å². The Kier molecular flexibility index (Phi) is 1.60. The van der Waals surface area contributed by atoms with Gasteiger partial charge in [-0.2, -0.15) is 0 Å². The van der Waals surface area contributed by atoms with Crippen molar-refractivity contribution in [3.63, 3.8) is 0 Å². The number of hydrogen-bond donors (Lipinski definition) is 1. The Morgan fingerprint density at radius 2 is 2.17 bits per heavy atom. The van der Waals surface area contributed by atoms with Crippen molar-refractivity contribution in [3.05, 3.63) is 28.8 Å². The average molecular weight is 162 g/mol. The highest BCUT2D eigenvalue weighted by Crippen LogP contribution is 2.37. The van der Waals surface area contributed by atoms with Crippen LogP contribution in [0.2, 0.25) is 0 Å².